The van der Waals surface area contributed by atoms with Crippen LogP contribution in [0.2, 0.25) is 0 Å². The van der Waals surface area contributed by atoms with Crippen LogP contribution >= 0.6 is 0 Å². The molecule has 2 rings (SSSR count). The van der Waals surface area contributed by atoms with E-state index in [2.05, 4.69) is 15.6 Å². The van der Waals surface area contributed by atoms with Gasteiger partial charge in [0, 0.05) is 25.0 Å². The Morgan fingerprint density at radius 2 is 1.95 bits per heavy atom. The summed E-state index contributed by atoms with van der Waals surface area (Å²) in [7, 11) is 0. The molecule has 0 aliphatic heterocycles. The van der Waals surface area contributed by atoms with Crippen molar-refractivity contribution in [3.8, 4) is 5.75 Å². The zero-order chi connectivity index (χ0) is 15.2. The third kappa shape index (κ3) is 3.39. The second-order valence-electron chi connectivity index (χ2n) is 4.45. The summed E-state index contributed by atoms with van der Waals surface area (Å²) in [5, 5.41) is 24.6. The van der Waals surface area contributed by atoms with Gasteiger partial charge in [0.1, 0.15) is 11.3 Å². The van der Waals surface area contributed by atoms with E-state index < -0.39 is 11.5 Å². The Hall–Kier alpha value is -2.38. The number of pyridine rings is 1. The molecule has 0 unspecified atom stereocenters. The quantitative estimate of drug-likeness (QED) is 0.462. The molecule has 112 valence electrons. The van der Waals surface area contributed by atoms with Crippen LogP contribution in [-0.2, 0) is 0 Å². The molecule has 2 aromatic rings. The first kappa shape index (κ1) is 15.0. The van der Waals surface area contributed by atoms with Crippen LogP contribution in [0.3, 0.4) is 0 Å². The number of aliphatic hydroxyl groups is 1. The number of H-pyrrole nitrogens is 1. The molecule has 0 bridgehead atoms. The molecule has 7 nitrogen and oxygen atoms in total. The summed E-state index contributed by atoms with van der Waals surface area (Å²) < 4.78 is 0. The molecule has 7 heteroatoms. The molecule has 0 atom stereocenters. The van der Waals surface area contributed by atoms with Gasteiger partial charge in [-0.2, -0.15) is 0 Å². The first-order valence-electron chi connectivity index (χ1n) is 6.59. The van der Waals surface area contributed by atoms with Gasteiger partial charge in [0.2, 0.25) is 0 Å². The maximum atomic E-state index is 12.0. The topological polar surface area (TPSA) is 114 Å². The van der Waals surface area contributed by atoms with Crippen molar-refractivity contribution in [1.82, 2.24) is 15.6 Å². The number of para-hydroxylation sites is 1. The van der Waals surface area contributed by atoms with Crippen LogP contribution in [0, 0.1) is 0 Å². The molecule has 0 spiro atoms. The van der Waals surface area contributed by atoms with Crippen molar-refractivity contribution in [3.05, 3.63) is 40.2 Å². The van der Waals surface area contributed by atoms with Gasteiger partial charge in [-0.05, 0) is 12.1 Å². The first-order valence-corrected chi connectivity index (χ1v) is 6.59. The average molecular weight is 291 g/mol. The van der Waals surface area contributed by atoms with E-state index in [1.807, 2.05) is 0 Å². The Bertz CT molecular complexity index is 696. The molecule has 1 heterocycles. The summed E-state index contributed by atoms with van der Waals surface area (Å²) in [5.41, 5.74) is -0.455. The number of carbonyl (C=O) groups is 1. The number of amides is 1. The van der Waals surface area contributed by atoms with Gasteiger partial charge >= 0.3 is 0 Å². The van der Waals surface area contributed by atoms with Crippen molar-refractivity contribution in [2.24, 2.45) is 0 Å². The predicted octanol–water partition coefficient (Wildman–Crippen LogP) is -0.455. The SMILES string of the molecule is O=C(NCCNCCO)c1c(O)c2ccccc2[nH]c1=O. The Balaban J connectivity index is 2.17. The van der Waals surface area contributed by atoms with Gasteiger partial charge in [-0.15, -0.1) is 0 Å². The molecule has 0 fully saturated rings. The molecular weight excluding hydrogens is 274 g/mol. The van der Waals surface area contributed by atoms with Crippen LogP contribution in [-0.4, -0.2) is 47.3 Å². The Morgan fingerprint density at radius 1 is 1.19 bits per heavy atom. The standard InChI is InChI=1S/C14H17N3O4/c18-8-7-15-5-6-16-13(20)11-12(19)9-3-1-2-4-10(9)17-14(11)21/h1-4,15,18H,5-8H2,(H,16,20)(H2,17,19,21). The monoisotopic (exact) mass is 291 g/mol. The van der Waals surface area contributed by atoms with Crippen molar-refractivity contribution in [2.45, 2.75) is 0 Å². The number of aromatic nitrogens is 1. The lowest BCUT2D eigenvalue weighted by molar-refractivity contribution is 0.0950. The largest absolute Gasteiger partial charge is 0.506 e. The fourth-order valence-electron chi connectivity index (χ4n) is 1.99. The van der Waals surface area contributed by atoms with Gasteiger partial charge in [0.05, 0.1) is 12.1 Å². The number of aromatic amines is 1. The van der Waals surface area contributed by atoms with E-state index in [1.165, 1.54) is 0 Å². The van der Waals surface area contributed by atoms with E-state index >= 15 is 0 Å². The highest BCUT2D eigenvalue weighted by Gasteiger charge is 2.18. The van der Waals surface area contributed by atoms with Crippen LogP contribution in [0.25, 0.3) is 10.9 Å². The van der Waals surface area contributed by atoms with E-state index in [9.17, 15) is 14.7 Å². The molecular formula is C14H17N3O4. The summed E-state index contributed by atoms with van der Waals surface area (Å²) in [6.45, 7) is 1.18. The third-order valence-corrected chi connectivity index (χ3v) is 3.00. The van der Waals surface area contributed by atoms with E-state index in [0.29, 0.717) is 24.0 Å². The number of hydrogen-bond acceptors (Lipinski definition) is 5. The Labute approximate surface area is 120 Å². The van der Waals surface area contributed by atoms with E-state index in [1.54, 1.807) is 24.3 Å². The Morgan fingerprint density at radius 3 is 2.71 bits per heavy atom. The molecule has 0 aliphatic rings. The zero-order valence-corrected chi connectivity index (χ0v) is 11.3. The lowest BCUT2D eigenvalue weighted by Crippen LogP contribution is -2.35. The summed E-state index contributed by atoms with van der Waals surface area (Å²) in [6, 6.07) is 6.71. The summed E-state index contributed by atoms with van der Waals surface area (Å²) >= 11 is 0. The van der Waals surface area contributed by atoms with Gasteiger partial charge in [-0.25, -0.2) is 0 Å². The van der Waals surface area contributed by atoms with Crippen molar-refractivity contribution in [2.75, 3.05) is 26.2 Å². The number of hydrogen-bond donors (Lipinski definition) is 5. The van der Waals surface area contributed by atoms with Gasteiger partial charge in [0.25, 0.3) is 11.5 Å². The molecule has 0 aliphatic carbocycles. The second kappa shape index (κ2) is 6.87. The highest BCUT2D eigenvalue weighted by Crippen LogP contribution is 2.24. The number of aromatic hydroxyl groups is 1. The molecule has 5 N–H and O–H groups in total. The maximum absolute atomic E-state index is 12.0. The predicted molar refractivity (Wildman–Crippen MR) is 78.5 cm³/mol. The zero-order valence-electron chi connectivity index (χ0n) is 11.3. The molecule has 1 aromatic carbocycles. The molecule has 21 heavy (non-hydrogen) atoms. The molecule has 0 saturated carbocycles. The lowest BCUT2D eigenvalue weighted by atomic mass is 10.1. The average Bonchev–Trinajstić information content (AvgIpc) is 2.47. The number of aliphatic hydroxyl groups excluding tert-OH is 1. The van der Waals surface area contributed by atoms with Crippen molar-refractivity contribution in [1.29, 1.82) is 0 Å². The van der Waals surface area contributed by atoms with Crippen LogP contribution in [0.4, 0.5) is 0 Å². The summed E-state index contributed by atoms with van der Waals surface area (Å²) in [5.74, 6) is -0.958. The molecule has 0 radical (unpaired) electrons. The van der Waals surface area contributed by atoms with Crippen molar-refractivity contribution >= 4 is 16.8 Å². The number of rotatable bonds is 6. The first-order chi connectivity index (χ1) is 10.1. The van der Waals surface area contributed by atoms with E-state index in [0.717, 1.165) is 0 Å². The van der Waals surface area contributed by atoms with Crippen molar-refractivity contribution in [3.63, 3.8) is 0 Å². The van der Waals surface area contributed by atoms with Gasteiger partial charge < -0.3 is 25.8 Å². The minimum absolute atomic E-state index is 0.0130. The fraction of sp³-hybridized carbons (Fsp3) is 0.286. The van der Waals surface area contributed by atoms with E-state index in [-0.39, 0.29) is 24.5 Å². The third-order valence-electron chi connectivity index (χ3n) is 3.00. The molecule has 1 aromatic heterocycles. The minimum atomic E-state index is -0.634. The van der Waals surface area contributed by atoms with Crippen LogP contribution in [0.5, 0.6) is 5.75 Å². The normalized spacial score (nSPS) is 10.7. The highest BCUT2D eigenvalue weighted by molar-refractivity contribution is 6.01. The number of carbonyl (C=O) groups excluding carboxylic acids is 1. The number of fused-ring (bicyclic) bond motifs is 1. The van der Waals surface area contributed by atoms with Gasteiger partial charge in [-0.1, -0.05) is 12.1 Å². The van der Waals surface area contributed by atoms with Crippen molar-refractivity contribution < 1.29 is 15.0 Å². The Kier molecular flexibility index (Phi) is 4.91. The summed E-state index contributed by atoms with van der Waals surface area (Å²) in [4.78, 5) is 26.5. The van der Waals surface area contributed by atoms with Gasteiger partial charge in [0.15, 0.2) is 0 Å². The minimum Gasteiger partial charge on any atom is -0.506 e. The van der Waals surface area contributed by atoms with E-state index in [4.69, 9.17) is 5.11 Å². The van der Waals surface area contributed by atoms with Crippen LogP contribution in [0.1, 0.15) is 10.4 Å². The van der Waals surface area contributed by atoms with Gasteiger partial charge in [-0.3, -0.25) is 9.59 Å². The number of nitrogens with one attached hydrogen (secondary N) is 3. The molecule has 0 saturated heterocycles. The summed E-state index contributed by atoms with van der Waals surface area (Å²) in [6.07, 6.45) is 0. The highest BCUT2D eigenvalue weighted by atomic mass is 16.3. The maximum Gasteiger partial charge on any atom is 0.265 e. The molecule has 1 amide bonds. The lowest BCUT2D eigenvalue weighted by Gasteiger charge is -2.08. The van der Waals surface area contributed by atoms with Crippen LogP contribution < -0.4 is 16.2 Å². The fourth-order valence-corrected chi connectivity index (χ4v) is 1.99. The smallest absolute Gasteiger partial charge is 0.265 e. The second-order valence-corrected chi connectivity index (χ2v) is 4.45. The number of benzene rings is 1. The van der Waals surface area contributed by atoms with Crippen LogP contribution in [0.15, 0.2) is 29.1 Å².